The Balaban J connectivity index is 0.000000221. The van der Waals surface area contributed by atoms with Gasteiger partial charge >= 0.3 is 10.4 Å². The molecule has 13 heteroatoms. The zero-order valence-corrected chi connectivity index (χ0v) is 20.3. The molecule has 0 spiro atoms. The normalized spacial score (nSPS) is 10.9. The van der Waals surface area contributed by atoms with Crippen LogP contribution in [0.1, 0.15) is 0 Å². The molecule has 4 aromatic rings. The summed E-state index contributed by atoms with van der Waals surface area (Å²) in [7, 11) is -4.67. The molecule has 0 atom stereocenters. The Morgan fingerprint density at radius 1 is 0.514 bits per heavy atom. The number of nitrogens with zero attached hydrogens (tertiary/aromatic N) is 4. The predicted molar refractivity (Wildman–Crippen MR) is 146 cm³/mol. The van der Waals surface area contributed by atoms with Crippen LogP contribution in [0.4, 0.5) is 45.5 Å². The first-order chi connectivity index (χ1) is 17.5. The fourth-order valence-corrected chi connectivity index (χ4v) is 2.54. The second-order valence-electron chi connectivity index (χ2n) is 7.16. The van der Waals surface area contributed by atoms with Crippen molar-refractivity contribution in [3.05, 3.63) is 97.1 Å². The first-order valence-electron chi connectivity index (χ1n) is 10.4. The maximum atomic E-state index is 8.74. The van der Waals surface area contributed by atoms with Gasteiger partial charge in [-0.1, -0.05) is 36.4 Å². The highest BCUT2D eigenvalue weighted by atomic mass is 32.3. The third-order valence-corrected chi connectivity index (χ3v) is 4.16. The summed E-state index contributed by atoms with van der Waals surface area (Å²) in [5.41, 5.74) is 27.8. The van der Waals surface area contributed by atoms with Gasteiger partial charge in [0.15, 0.2) is 0 Å². The molecular weight excluding hydrogens is 496 g/mol. The number of azo groups is 2. The minimum Gasteiger partial charge on any atom is -0.399 e. The summed E-state index contributed by atoms with van der Waals surface area (Å²) in [6.07, 6.45) is 0. The van der Waals surface area contributed by atoms with Gasteiger partial charge in [0.1, 0.15) is 11.4 Å². The van der Waals surface area contributed by atoms with Gasteiger partial charge in [-0.15, -0.1) is 10.2 Å². The maximum absolute atomic E-state index is 8.74. The average Bonchev–Trinajstić information content (AvgIpc) is 2.84. The molecule has 0 aliphatic carbocycles. The largest absolute Gasteiger partial charge is 0.399 e. The van der Waals surface area contributed by atoms with Crippen molar-refractivity contribution >= 4 is 55.9 Å². The van der Waals surface area contributed by atoms with Crippen molar-refractivity contribution in [1.29, 1.82) is 0 Å². The molecule has 0 aliphatic rings. The monoisotopic (exact) mass is 522 g/mol. The van der Waals surface area contributed by atoms with Crippen molar-refractivity contribution < 1.29 is 17.5 Å². The number of nitrogens with two attached hydrogens (primary N) is 4. The fourth-order valence-electron chi connectivity index (χ4n) is 2.54. The number of benzene rings is 4. The standard InChI is InChI=1S/2C12H12N4.H2O4S/c2*13-9-6-7-12(11(14)8-9)16-15-10-4-2-1-3-5-10;1-5(2,3)4/h2*1-8H,13-14H2;(H2,1,2,3,4). The summed E-state index contributed by atoms with van der Waals surface area (Å²) in [4.78, 5) is 0. The number of nitrogen functional groups attached to an aromatic ring is 4. The van der Waals surface area contributed by atoms with Crippen LogP contribution in [0.5, 0.6) is 0 Å². The number of anilines is 4. The molecule has 12 nitrogen and oxygen atoms in total. The van der Waals surface area contributed by atoms with E-state index in [-0.39, 0.29) is 0 Å². The lowest BCUT2D eigenvalue weighted by atomic mass is 10.2. The van der Waals surface area contributed by atoms with Crippen LogP contribution in [0.2, 0.25) is 0 Å². The zero-order valence-electron chi connectivity index (χ0n) is 19.5. The zero-order chi connectivity index (χ0) is 27.3. The van der Waals surface area contributed by atoms with Gasteiger partial charge in [0.05, 0.1) is 22.7 Å². The summed E-state index contributed by atoms with van der Waals surface area (Å²) in [6.45, 7) is 0. The Morgan fingerprint density at radius 2 is 0.838 bits per heavy atom. The van der Waals surface area contributed by atoms with Crippen molar-refractivity contribution in [2.24, 2.45) is 20.5 Å². The lowest BCUT2D eigenvalue weighted by Gasteiger charge is -1.99. The van der Waals surface area contributed by atoms with Crippen molar-refractivity contribution in [2.75, 3.05) is 22.9 Å². The maximum Gasteiger partial charge on any atom is 0.394 e. The molecule has 4 aromatic carbocycles. The quantitative estimate of drug-likeness (QED) is 0.107. The molecule has 0 saturated heterocycles. The molecule has 0 aliphatic heterocycles. The minimum absolute atomic E-state index is 0.527. The number of hydrogen-bond acceptors (Lipinski definition) is 10. The number of hydrogen-bond donors (Lipinski definition) is 6. The molecule has 0 amide bonds. The summed E-state index contributed by atoms with van der Waals surface area (Å²) in [6, 6.07) is 29.3. The van der Waals surface area contributed by atoms with Gasteiger partial charge in [0.2, 0.25) is 0 Å². The Bertz CT molecular complexity index is 1340. The van der Waals surface area contributed by atoms with Crippen LogP contribution in [0.3, 0.4) is 0 Å². The second kappa shape index (κ2) is 13.9. The van der Waals surface area contributed by atoms with E-state index in [1.807, 2.05) is 60.7 Å². The van der Waals surface area contributed by atoms with Gasteiger partial charge in [-0.25, -0.2) is 0 Å². The molecule has 0 saturated carbocycles. The van der Waals surface area contributed by atoms with E-state index in [9.17, 15) is 0 Å². The van der Waals surface area contributed by atoms with E-state index in [0.29, 0.717) is 34.1 Å². The van der Waals surface area contributed by atoms with Crippen LogP contribution in [-0.2, 0) is 10.4 Å². The van der Waals surface area contributed by atoms with Crippen molar-refractivity contribution in [1.82, 2.24) is 0 Å². The van der Waals surface area contributed by atoms with E-state index < -0.39 is 10.4 Å². The van der Waals surface area contributed by atoms with Gasteiger partial charge < -0.3 is 22.9 Å². The molecular formula is C24H26N8O4S. The highest BCUT2D eigenvalue weighted by Crippen LogP contribution is 2.27. The molecule has 0 heterocycles. The van der Waals surface area contributed by atoms with Crippen molar-refractivity contribution in [3.8, 4) is 0 Å². The smallest absolute Gasteiger partial charge is 0.394 e. The molecule has 0 unspecified atom stereocenters. The molecule has 10 N–H and O–H groups in total. The van der Waals surface area contributed by atoms with Crippen LogP contribution in [0.25, 0.3) is 0 Å². The van der Waals surface area contributed by atoms with Crippen LogP contribution in [-0.4, -0.2) is 17.5 Å². The van der Waals surface area contributed by atoms with Gasteiger partial charge in [-0.2, -0.15) is 18.6 Å². The highest BCUT2D eigenvalue weighted by molar-refractivity contribution is 7.79. The predicted octanol–water partition coefficient (Wildman–Crippen LogP) is 5.88. The van der Waals surface area contributed by atoms with Gasteiger partial charge in [-0.3, -0.25) is 9.11 Å². The lowest BCUT2D eigenvalue weighted by molar-refractivity contribution is 0.381. The molecule has 0 aromatic heterocycles. The van der Waals surface area contributed by atoms with E-state index in [0.717, 1.165) is 11.4 Å². The summed E-state index contributed by atoms with van der Waals surface area (Å²) in [5, 5.41) is 16.3. The topological polar surface area (TPSA) is 228 Å². The summed E-state index contributed by atoms with van der Waals surface area (Å²) >= 11 is 0. The first-order valence-corrected chi connectivity index (χ1v) is 11.8. The summed E-state index contributed by atoms with van der Waals surface area (Å²) in [5.74, 6) is 0. The average molecular weight is 523 g/mol. The Kier molecular flexibility index (Phi) is 10.7. The van der Waals surface area contributed by atoms with E-state index in [1.54, 1.807) is 36.4 Å². The third kappa shape index (κ3) is 11.9. The summed E-state index contributed by atoms with van der Waals surface area (Å²) < 4.78 is 31.6. The van der Waals surface area contributed by atoms with Crippen LogP contribution in [0.15, 0.2) is 118 Å². The van der Waals surface area contributed by atoms with E-state index in [4.69, 9.17) is 40.5 Å². The lowest BCUT2D eigenvalue weighted by Crippen LogP contribution is -1.89. The van der Waals surface area contributed by atoms with Crippen LogP contribution in [0, 0.1) is 0 Å². The van der Waals surface area contributed by atoms with Crippen molar-refractivity contribution in [3.63, 3.8) is 0 Å². The van der Waals surface area contributed by atoms with Crippen molar-refractivity contribution in [2.45, 2.75) is 0 Å². The third-order valence-electron chi connectivity index (χ3n) is 4.16. The molecule has 0 fully saturated rings. The van der Waals surface area contributed by atoms with Crippen LogP contribution < -0.4 is 22.9 Å². The van der Waals surface area contributed by atoms with Gasteiger partial charge in [-0.05, 0) is 60.7 Å². The first kappa shape index (κ1) is 28.4. The second-order valence-corrected chi connectivity index (χ2v) is 8.05. The fraction of sp³-hybridized carbons (Fsp3) is 0. The Labute approximate surface area is 213 Å². The SMILES string of the molecule is Nc1ccc(N=Nc2ccccc2)c(N)c1.Nc1ccc(N=Nc2ccccc2)c(N)c1.O=S(=O)(O)O. The molecule has 0 radical (unpaired) electrons. The minimum atomic E-state index is -4.67. The Morgan fingerprint density at radius 3 is 1.14 bits per heavy atom. The van der Waals surface area contributed by atoms with Gasteiger partial charge in [0, 0.05) is 11.4 Å². The molecule has 37 heavy (non-hydrogen) atoms. The highest BCUT2D eigenvalue weighted by Gasteiger charge is 1.98. The molecule has 192 valence electrons. The van der Waals surface area contributed by atoms with E-state index >= 15 is 0 Å². The molecule has 0 bridgehead atoms. The Hall–Kier alpha value is -4.85. The molecule has 4 rings (SSSR count). The van der Waals surface area contributed by atoms with Gasteiger partial charge in [0.25, 0.3) is 0 Å². The van der Waals surface area contributed by atoms with E-state index in [1.165, 1.54) is 0 Å². The number of rotatable bonds is 4. The van der Waals surface area contributed by atoms with E-state index in [2.05, 4.69) is 20.5 Å². The van der Waals surface area contributed by atoms with Crippen LogP contribution >= 0.6 is 0 Å².